The number of anilines is 1. The Kier molecular flexibility index (Phi) is 4.40. The summed E-state index contributed by atoms with van der Waals surface area (Å²) >= 11 is 0. The molecule has 2 saturated heterocycles. The Labute approximate surface area is 152 Å². The van der Waals surface area contributed by atoms with Crippen molar-refractivity contribution in [2.45, 2.75) is 26.3 Å². The van der Waals surface area contributed by atoms with Gasteiger partial charge in [0.25, 0.3) is 0 Å². The highest BCUT2D eigenvalue weighted by atomic mass is 16.4. The number of hydrogen-bond acceptors (Lipinski definition) is 6. The lowest BCUT2D eigenvalue weighted by Gasteiger charge is -2.29. The summed E-state index contributed by atoms with van der Waals surface area (Å²) < 4.78 is 5.71. The van der Waals surface area contributed by atoms with Crippen molar-refractivity contribution in [2.24, 2.45) is 11.3 Å². The fourth-order valence-corrected chi connectivity index (χ4v) is 4.40. The van der Waals surface area contributed by atoms with Gasteiger partial charge in [0.15, 0.2) is 0 Å². The van der Waals surface area contributed by atoms with Crippen LogP contribution in [0.15, 0.2) is 35.0 Å². The number of rotatable bonds is 4. The predicted molar refractivity (Wildman–Crippen MR) is 95.8 cm³/mol. The third kappa shape index (κ3) is 3.07. The second-order valence-corrected chi connectivity index (χ2v) is 7.44. The fourth-order valence-electron chi connectivity index (χ4n) is 4.40. The Morgan fingerprint density at radius 3 is 2.85 bits per heavy atom. The second-order valence-electron chi connectivity index (χ2n) is 7.44. The Hall–Kier alpha value is -2.41. The molecule has 0 radical (unpaired) electrons. The number of furan rings is 1. The number of nitrogens with zero attached hydrogens (tertiary/aromatic N) is 4. The molecule has 0 unspecified atom stereocenters. The predicted octanol–water partition coefficient (Wildman–Crippen LogP) is 2.18. The van der Waals surface area contributed by atoms with Crippen molar-refractivity contribution in [3.05, 3.63) is 42.1 Å². The number of carbonyl (C=O) groups is 1. The lowest BCUT2D eigenvalue weighted by Crippen LogP contribution is -2.41. The summed E-state index contributed by atoms with van der Waals surface area (Å²) in [6.07, 6.45) is 4.96. The minimum Gasteiger partial charge on any atom is -0.481 e. The summed E-state index contributed by atoms with van der Waals surface area (Å²) in [6, 6.07) is 5.75. The Morgan fingerprint density at radius 1 is 1.35 bits per heavy atom. The van der Waals surface area contributed by atoms with Gasteiger partial charge >= 0.3 is 5.97 Å². The number of carboxylic acids is 1. The van der Waals surface area contributed by atoms with Crippen molar-refractivity contribution >= 4 is 11.9 Å². The minimum atomic E-state index is -0.729. The number of hydrogen-bond donors (Lipinski definition) is 1. The molecule has 2 aromatic rings. The molecule has 138 valence electrons. The van der Waals surface area contributed by atoms with Crippen LogP contribution in [0.1, 0.15) is 24.4 Å². The van der Waals surface area contributed by atoms with Gasteiger partial charge in [-0.15, -0.1) is 0 Å². The van der Waals surface area contributed by atoms with Crippen LogP contribution >= 0.6 is 0 Å². The normalized spacial score (nSPS) is 26.5. The first kappa shape index (κ1) is 17.0. The van der Waals surface area contributed by atoms with E-state index in [0.717, 1.165) is 37.6 Å². The van der Waals surface area contributed by atoms with Crippen molar-refractivity contribution in [1.29, 1.82) is 0 Å². The molecule has 0 amide bonds. The molecule has 0 aromatic carbocycles. The molecule has 0 saturated carbocycles. The molecule has 4 heterocycles. The smallest absolute Gasteiger partial charge is 0.311 e. The van der Waals surface area contributed by atoms with Gasteiger partial charge in [0.1, 0.15) is 11.5 Å². The van der Waals surface area contributed by atoms with Crippen LogP contribution in [0, 0.1) is 18.3 Å². The molecule has 7 heteroatoms. The zero-order valence-corrected chi connectivity index (χ0v) is 15.0. The van der Waals surface area contributed by atoms with E-state index in [1.165, 1.54) is 0 Å². The lowest BCUT2D eigenvalue weighted by molar-refractivity contribution is -0.150. The first-order chi connectivity index (χ1) is 12.6. The van der Waals surface area contributed by atoms with Crippen molar-refractivity contribution in [3.8, 4) is 0 Å². The Morgan fingerprint density at radius 2 is 2.15 bits per heavy atom. The largest absolute Gasteiger partial charge is 0.481 e. The average molecular weight is 356 g/mol. The van der Waals surface area contributed by atoms with Crippen molar-refractivity contribution in [1.82, 2.24) is 14.9 Å². The molecular weight excluding hydrogens is 332 g/mol. The summed E-state index contributed by atoms with van der Waals surface area (Å²) in [4.78, 5) is 25.2. The number of aromatic nitrogens is 2. The maximum Gasteiger partial charge on any atom is 0.311 e. The number of likely N-dealkylation sites (tertiary alicyclic amines) is 1. The van der Waals surface area contributed by atoms with Gasteiger partial charge in [-0.05, 0) is 44.5 Å². The average Bonchev–Trinajstić information content (AvgIpc) is 3.16. The molecule has 26 heavy (non-hydrogen) atoms. The van der Waals surface area contributed by atoms with Crippen LogP contribution in [-0.4, -0.2) is 52.1 Å². The van der Waals surface area contributed by atoms with Crippen molar-refractivity contribution < 1.29 is 14.3 Å². The molecule has 2 aliphatic heterocycles. The molecule has 2 aliphatic rings. The molecule has 2 aromatic heterocycles. The first-order valence-corrected chi connectivity index (χ1v) is 9.10. The Balaban J connectivity index is 1.55. The molecule has 0 bridgehead atoms. The molecule has 2 atom stereocenters. The number of fused-ring (bicyclic) bond motifs is 1. The van der Waals surface area contributed by atoms with E-state index in [-0.39, 0.29) is 5.92 Å². The van der Waals surface area contributed by atoms with Crippen LogP contribution in [-0.2, 0) is 11.3 Å². The monoisotopic (exact) mass is 356 g/mol. The molecule has 7 nitrogen and oxygen atoms in total. The highest BCUT2D eigenvalue weighted by Crippen LogP contribution is 2.43. The SMILES string of the molecule is Cc1ccc(CN2CCC[C@]3(C(=O)O)CN(c4ncccn4)C[C@@H]3C2)o1. The topological polar surface area (TPSA) is 82.7 Å². The van der Waals surface area contributed by atoms with Gasteiger partial charge in [-0.2, -0.15) is 0 Å². The molecule has 0 spiro atoms. The summed E-state index contributed by atoms with van der Waals surface area (Å²) in [5.41, 5.74) is -0.729. The molecule has 2 fully saturated rings. The summed E-state index contributed by atoms with van der Waals surface area (Å²) in [6.45, 7) is 5.45. The third-order valence-corrected chi connectivity index (χ3v) is 5.71. The van der Waals surface area contributed by atoms with Gasteiger partial charge in [-0.25, -0.2) is 9.97 Å². The van der Waals surface area contributed by atoms with E-state index < -0.39 is 11.4 Å². The maximum absolute atomic E-state index is 12.3. The van der Waals surface area contributed by atoms with E-state index in [0.29, 0.717) is 25.5 Å². The van der Waals surface area contributed by atoms with E-state index in [4.69, 9.17) is 4.42 Å². The summed E-state index contributed by atoms with van der Waals surface area (Å²) in [7, 11) is 0. The molecular formula is C19H24N4O3. The highest BCUT2D eigenvalue weighted by molar-refractivity contribution is 5.77. The van der Waals surface area contributed by atoms with Crippen molar-refractivity contribution in [2.75, 3.05) is 31.1 Å². The van der Waals surface area contributed by atoms with E-state index in [2.05, 4.69) is 14.9 Å². The van der Waals surface area contributed by atoms with E-state index in [9.17, 15) is 9.90 Å². The van der Waals surface area contributed by atoms with Gasteiger partial charge in [0, 0.05) is 37.9 Å². The minimum absolute atomic E-state index is 0.0439. The molecule has 0 aliphatic carbocycles. The summed E-state index contributed by atoms with van der Waals surface area (Å²) in [5.74, 6) is 1.81. The van der Waals surface area contributed by atoms with Crippen LogP contribution in [0.4, 0.5) is 5.95 Å². The second kappa shape index (κ2) is 6.72. The zero-order valence-electron chi connectivity index (χ0n) is 15.0. The van der Waals surface area contributed by atoms with Crippen LogP contribution in [0.5, 0.6) is 0 Å². The van der Waals surface area contributed by atoms with Crippen LogP contribution in [0.2, 0.25) is 0 Å². The standard InChI is InChI=1S/C19H24N4O3/c1-14-4-5-16(26-14)12-22-9-2-6-19(17(24)25)13-23(11-15(19)10-22)18-20-7-3-8-21-18/h3-5,7-8,15H,2,6,9-13H2,1H3,(H,24,25)/t15-,19-/m0/s1. The van der Waals surface area contributed by atoms with Crippen LogP contribution < -0.4 is 4.90 Å². The Bertz CT molecular complexity index is 778. The third-order valence-electron chi connectivity index (χ3n) is 5.71. The van der Waals surface area contributed by atoms with Crippen molar-refractivity contribution in [3.63, 3.8) is 0 Å². The van der Waals surface area contributed by atoms with Crippen LogP contribution in [0.3, 0.4) is 0 Å². The maximum atomic E-state index is 12.3. The zero-order chi connectivity index (χ0) is 18.1. The van der Waals surface area contributed by atoms with E-state index >= 15 is 0 Å². The van der Waals surface area contributed by atoms with Crippen LogP contribution in [0.25, 0.3) is 0 Å². The highest BCUT2D eigenvalue weighted by Gasteiger charge is 2.53. The van der Waals surface area contributed by atoms with Gasteiger partial charge in [0.05, 0.1) is 12.0 Å². The summed E-state index contributed by atoms with van der Waals surface area (Å²) in [5, 5.41) is 10.1. The van der Waals surface area contributed by atoms with Gasteiger partial charge in [-0.3, -0.25) is 9.69 Å². The number of carboxylic acid groups (broad SMARTS) is 1. The number of aryl methyl sites for hydroxylation is 1. The first-order valence-electron chi connectivity index (χ1n) is 9.10. The van der Waals surface area contributed by atoms with Gasteiger partial charge < -0.3 is 14.4 Å². The van der Waals surface area contributed by atoms with Gasteiger partial charge in [-0.1, -0.05) is 0 Å². The quantitative estimate of drug-likeness (QED) is 0.899. The molecule has 4 rings (SSSR count). The van der Waals surface area contributed by atoms with E-state index in [1.807, 2.05) is 24.0 Å². The van der Waals surface area contributed by atoms with Gasteiger partial charge in [0.2, 0.25) is 5.95 Å². The van der Waals surface area contributed by atoms with E-state index in [1.54, 1.807) is 18.5 Å². The molecule has 1 N–H and O–H groups in total. The fraction of sp³-hybridized carbons (Fsp3) is 0.526. The number of aliphatic carboxylic acids is 1. The lowest BCUT2D eigenvalue weighted by atomic mass is 9.75.